The summed E-state index contributed by atoms with van der Waals surface area (Å²) in [6, 6.07) is 0. The molecule has 0 spiro atoms. The molecule has 0 saturated carbocycles. The van der Waals surface area contributed by atoms with E-state index in [1.54, 1.807) is 0 Å². The summed E-state index contributed by atoms with van der Waals surface area (Å²) >= 11 is 0. The average molecular weight is 309 g/mol. The molecular weight excluding hydrogens is 293 g/mol. The second-order valence-electron chi connectivity index (χ2n) is 4.44. The minimum Gasteiger partial charge on any atom is -0.391 e. The zero-order chi connectivity index (χ0) is 16.0. The number of hydrogen-bond acceptors (Lipinski definition) is 2. The molecule has 0 aliphatic heterocycles. The molecule has 7 heteroatoms. The Balaban J connectivity index is 2.87. The van der Waals surface area contributed by atoms with E-state index in [-0.39, 0.29) is 0 Å². The Hall–Kier alpha value is -1.66. The maximum absolute atomic E-state index is 13.4. The van der Waals surface area contributed by atoms with Crippen molar-refractivity contribution >= 4 is 5.71 Å². The van der Waals surface area contributed by atoms with Crippen LogP contribution in [0, 0.1) is 29.1 Å². The van der Waals surface area contributed by atoms with Crippen molar-refractivity contribution in [3.63, 3.8) is 0 Å². The van der Waals surface area contributed by atoms with Gasteiger partial charge in [0.05, 0.1) is 11.3 Å². The molecule has 0 N–H and O–H groups in total. The topological polar surface area (TPSA) is 21.6 Å². The van der Waals surface area contributed by atoms with Crippen molar-refractivity contribution in [1.29, 1.82) is 0 Å². The van der Waals surface area contributed by atoms with Gasteiger partial charge in [-0.25, -0.2) is 22.0 Å². The molecule has 0 amide bonds. The monoisotopic (exact) mass is 309 g/mol. The summed E-state index contributed by atoms with van der Waals surface area (Å²) in [4.78, 5) is 4.73. The first-order chi connectivity index (χ1) is 9.93. The normalized spacial score (nSPS) is 11.9. The van der Waals surface area contributed by atoms with E-state index in [2.05, 4.69) is 5.16 Å². The lowest BCUT2D eigenvalue weighted by Gasteiger charge is -2.08. The van der Waals surface area contributed by atoms with Gasteiger partial charge >= 0.3 is 0 Å². The van der Waals surface area contributed by atoms with Gasteiger partial charge in [-0.1, -0.05) is 25.4 Å². The molecule has 0 fully saturated rings. The minimum atomic E-state index is -2.19. The van der Waals surface area contributed by atoms with Gasteiger partial charge in [0.25, 0.3) is 0 Å². The smallest absolute Gasteiger partial charge is 0.200 e. The number of benzene rings is 1. The summed E-state index contributed by atoms with van der Waals surface area (Å²) in [7, 11) is 0. The summed E-state index contributed by atoms with van der Waals surface area (Å²) in [5.74, 6) is -9.95. The summed E-state index contributed by atoms with van der Waals surface area (Å²) < 4.78 is 65.5. The molecule has 0 aliphatic rings. The van der Waals surface area contributed by atoms with Crippen LogP contribution in [0.5, 0.6) is 0 Å². The third-order valence-corrected chi connectivity index (χ3v) is 2.93. The van der Waals surface area contributed by atoms with Gasteiger partial charge < -0.3 is 4.84 Å². The van der Waals surface area contributed by atoms with E-state index < -0.39 is 41.3 Å². The molecule has 0 saturated heterocycles. The van der Waals surface area contributed by atoms with E-state index in [9.17, 15) is 22.0 Å². The van der Waals surface area contributed by atoms with E-state index in [1.165, 1.54) is 0 Å². The Morgan fingerprint density at radius 2 is 1.43 bits per heavy atom. The zero-order valence-electron chi connectivity index (χ0n) is 11.8. The van der Waals surface area contributed by atoms with Gasteiger partial charge in [0.15, 0.2) is 23.3 Å². The third-order valence-electron chi connectivity index (χ3n) is 2.93. The van der Waals surface area contributed by atoms with Gasteiger partial charge in [-0.3, -0.25) is 0 Å². The molecule has 0 aromatic heterocycles. The number of rotatable bonds is 7. The Labute approximate surface area is 119 Å². The van der Waals surface area contributed by atoms with E-state index in [0.717, 1.165) is 12.8 Å². The molecular formula is C14H16F5NO. The maximum atomic E-state index is 13.4. The van der Waals surface area contributed by atoms with Crippen molar-refractivity contribution < 1.29 is 26.8 Å². The van der Waals surface area contributed by atoms with Crippen LogP contribution in [-0.2, 0) is 11.4 Å². The fourth-order valence-electron chi connectivity index (χ4n) is 1.63. The number of unbranched alkanes of at least 4 members (excludes halogenated alkanes) is 1. The largest absolute Gasteiger partial charge is 0.391 e. The van der Waals surface area contributed by atoms with Crippen LogP contribution < -0.4 is 0 Å². The van der Waals surface area contributed by atoms with E-state index in [0.29, 0.717) is 18.6 Å². The molecule has 21 heavy (non-hydrogen) atoms. The molecule has 0 bridgehead atoms. The molecule has 118 valence electrons. The molecule has 1 aromatic rings. The summed E-state index contributed by atoms with van der Waals surface area (Å²) in [6.07, 6.45) is 3.05. The van der Waals surface area contributed by atoms with Crippen LogP contribution in [-0.4, -0.2) is 5.71 Å². The highest BCUT2D eigenvalue weighted by atomic mass is 19.2. The second kappa shape index (κ2) is 7.95. The lowest BCUT2D eigenvalue weighted by atomic mass is 10.1. The van der Waals surface area contributed by atoms with E-state index in [1.807, 2.05) is 13.8 Å². The number of hydrogen-bond donors (Lipinski definition) is 0. The molecule has 0 unspecified atom stereocenters. The fourth-order valence-corrected chi connectivity index (χ4v) is 1.63. The molecule has 0 heterocycles. The quantitative estimate of drug-likeness (QED) is 0.232. The Kier molecular flexibility index (Phi) is 6.58. The van der Waals surface area contributed by atoms with Gasteiger partial charge in [0.1, 0.15) is 6.61 Å². The van der Waals surface area contributed by atoms with Crippen molar-refractivity contribution in [1.82, 2.24) is 0 Å². The fraction of sp³-hybridized carbons (Fsp3) is 0.500. The number of halogens is 5. The number of oxime groups is 1. The predicted octanol–water partition coefficient (Wildman–Crippen LogP) is 4.85. The Morgan fingerprint density at radius 3 is 1.90 bits per heavy atom. The van der Waals surface area contributed by atoms with Crippen molar-refractivity contribution in [3.05, 3.63) is 34.6 Å². The number of nitrogens with zero attached hydrogens (tertiary/aromatic N) is 1. The van der Waals surface area contributed by atoms with Crippen LogP contribution in [0.1, 0.15) is 45.1 Å². The minimum absolute atomic E-state index is 0.580. The van der Waals surface area contributed by atoms with Gasteiger partial charge in [0.2, 0.25) is 5.82 Å². The Bertz CT molecular complexity index is 502. The molecule has 0 radical (unpaired) electrons. The molecule has 2 nitrogen and oxygen atoms in total. The zero-order valence-corrected chi connectivity index (χ0v) is 11.8. The average Bonchev–Trinajstić information content (AvgIpc) is 2.49. The van der Waals surface area contributed by atoms with Crippen LogP contribution >= 0.6 is 0 Å². The van der Waals surface area contributed by atoms with Crippen LogP contribution in [0.4, 0.5) is 22.0 Å². The third kappa shape index (κ3) is 4.15. The first-order valence-corrected chi connectivity index (χ1v) is 6.61. The first-order valence-electron chi connectivity index (χ1n) is 6.61. The second-order valence-corrected chi connectivity index (χ2v) is 4.44. The standard InChI is InChI=1S/C14H16F5NO/c1-3-5-6-8(4-2)20-21-7-9-10(15)12(17)14(19)13(18)11(9)16/h3-7H2,1-2H3/b20-8+. The highest BCUT2D eigenvalue weighted by molar-refractivity contribution is 5.83. The van der Waals surface area contributed by atoms with Gasteiger partial charge in [-0.05, 0) is 19.3 Å². The van der Waals surface area contributed by atoms with Crippen molar-refractivity contribution in [2.24, 2.45) is 5.16 Å². The van der Waals surface area contributed by atoms with Crippen molar-refractivity contribution in [3.8, 4) is 0 Å². The van der Waals surface area contributed by atoms with Crippen molar-refractivity contribution in [2.45, 2.75) is 46.1 Å². The van der Waals surface area contributed by atoms with Crippen LogP contribution in [0.15, 0.2) is 5.16 Å². The summed E-state index contributed by atoms with van der Waals surface area (Å²) in [5, 5.41) is 3.68. The highest BCUT2D eigenvalue weighted by Gasteiger charge is 2.25. The Morgan fingerprint density at radius 1 is 0.905 bits per heavy atom. The SMILES string of the molecule is CCCC/C(CC)=N/OCc1c(F)c(F)c(F)c(F)c1F. The molecule has 1 aromatic carbocycles. The van der Waals surface area contributed by atoms with E-state index >= 15 is 0 Å². The van der Waals surface area contributed by atoms with E-state index in [4.69, 9.17) is 4.84 Å². The first kappa shape index (κ1) is 17.4. The van der Waals surface area contributed by atoms with Gasteiger partial charge in [-0.2, -0.15) is 0 Å². The summed E-state index contributed by atoms with van der Waals surface area (Å²) in [5.41, 5.74) is -0.359. The van der Waals surface area contributed by atoms with Gasteiger partial charge in [-0.15, -0.1) is 0 Å². The van der Waals surface area contributed by atoms with Crippen molar-refractivity contribution in [2.75, 3.05) is 0 Å². The van der Waals surface area contributed by atoms with Crippen LogP contribution in [0.2, 0.25) is 0 Å². The predicted molar refractivity (Wildman–Crippen MR) is 68.3 cm³/mol. The molecule has 0 atom stereocenters. The highest BCUT2D eigenvalue weighted by Crippen LogP contribution is 2.23. The molecule has 0 aliphatic carbocycles. The van der Waals surface area contributed by atoms with Gasteiger partial charge in [0, 0.05) is 0 Å². The lowest BCUT2D eigenvalue weighted by Crippen LogP contribution is -2.08. The summed E-state index contributed by atoms with van der Waals surface area (Å²) in [6.45, 7) is 3.00. The lowest BCUT2D eigenvalue weighted by molar-refractivity contribution is 0.121. The molecule has 1 rings (SSSR count). The van der Waals surface area contributed by atoms with Crippen LogP contribution in [0.3, 0.4) is 0 Å². The maximum Gasteiger partial charge on any atom is 0.200 e. The van der Waals surface area contributed by atoms with Crippen LogP contribution in [0.25, 0.3) is 0 Å².